The molecule has 0 atom stereocenters. The van der Waals surface area contributed by atoms with E-state index in [0.717, 1.165) is 60.1 Å². The van der Waals surface area contributed by atoms with Gasteiger partial charge in [-0.2, -0.15) is 0 Å². The Morgan fingerprint density at radius 1 is 1.15 bits per heavy atom. The average Bonchev–Trinajstić information content (AvgIpc) is 3.22. The maximum atomic E-state index is 12.6. The van der Waals surface area contributed by atoms with Crippen molar-refractivity contribution in [3.8, 4) is 0 Å². The fourth-order valence-electron chi connectivity index (χ4n) is 4.68. The summed E-state index contributed by atoms with van der Waals surface area (Å²) in [6.07, 6.45) is 6.88. The number of fused-ring (bicyclic) bond motifs is 3. The third kappa shape index (κ3) is 5.05. The van der Waals surface area contributed by atoms with Gasteiger partial charge in [0, 0.05) is 30.1 Å². The van der Waals surface area contributed by atoms with Gasteiger partial charge in [-0.1, -0.05) is 12.1 Å². The minimum absolute atomic E-state index is 0.0588. The number of benzene rings is 1. The van der Waals surface area contributed by atoms with Crippen molar-refractivity contribution in [2.45, 2.75) is 57.2 Å². The summed E-state index contributed by atoms with van der Waals surface area (Å²) in [5, 5.41) is 3.71. The molecular weight excluding hydrogens is 468 g/mol. The third-order valence-corrected chi connectivity index (χ3v) is 8.51. The molecule has 0 bridgehead atoms. The van der Waals surface area contributed by atoms with Crippen LogP contribution in [0, 0.1) is 0 Å². The largest absolute Gasteiger partial charge is 0.351 e. The topological polar surface area (TPSA) is 95.2 Å². The summed E-state index contributed by atoms with van der Waals surface area (Å²) >= 11 is 3.08. The molecule has 34 heavy (non-hydrogen) atoms. The lowest BCUT2D eigenvalue weighted by atomic mass is 9.97. The second-order valence-electron chi connectivity index (χ2n) is 8.85. The fraction of sp³-hybridized carbons (Fsp3) is 0.440. The number of anilines is 1. The predicted octanol–water partition coefficient (Wildman–Crippen LogP) is 3.93. The van der Waals surface area contributed by atoms with Crippen LogP contribution in [-0.2, 0) is 34.7 Å². The van der Waals surface area contributed by atoms with Gasteiger partial charge in [-0.25, -0.2) is 4.98 Å². The van der Waals surface area contributed by atoms with E-state index in [2.05, 4.69) is 15.3 Å². The Hall–Kier alpha value is -2.65. The molecule has 0 unspecified atom stereocenters. The van der Waals surface area contributed by atoms with E-state index in [0.29, 0.717) is 24.5 Å². The number of nitrogens with one attached hydrogen (secondary N) is 2. The van der Waals surface area contributed by atoms with Crippen molar-refractivity contribution in [1.82, 2.24) is 15.3 Å². The Labute approximate surface area is 206 Å². The first-order valence-electron chi connectivity index (χ1n) is 11.9. The summed E-state index contributed by atoms with van der Waals surface area (Å²) in [4.78, 5) is 48.7. The third-order valence-electron chi connectivity index (χ3n) is 6.38. The van der Waals surface area contributed by atoms with E-state index < -0.39 is 0 Å². The summed E-state index contributed by atoms with van der Waals surface area (Å²) < 4.78 is 0. The molecule has 3 aromatic rings. The van der Waals surface area contributed by atoms with Gasteiger partial charge >= 0.3 is 0 Å². The molecule has 1 aromatic carbocycles. The first-order valence-corrected chi connectivity index (χ1v) is 13.8. The normalized spacial score (nSPS) is 16.0. The number of carbonyl (C=O) groups excluding carboxylic acids is 2. The zero-order chi connectivity index (χ0) is 23.5. The fourth-order valence-corrected chi connectivity index (χ4v) is 6.68. The van der Waals surface area contributed by atoms with Crippen molar-refractivity contribution in [3.05, 3.63) is 56.4 Å². The first kappa shape index (κ1) is 23.1. The second-order valence-corrected chi connectivity index (χ2v) is 10.9. The molecule has 2 N–H and O–H groups in total. The molecule has 0 radical (unpaired) electrons. The van der Waals surface area contributed by atoms with Crippen LogP contribution in [0.4, 0.5) is 5.69 Å². The summed E-state index contributed by atoms with van der Waals surface area (Å²) in [5.74, 6) is 1.48. The van der Waals surface area contributed by atoms with Gasteiger partial charge in [-0.3, -0.25) is 14.4 Å². The van der Waals surface area contributed by atoms with Gasteiger partial charge in [0.15, 0.2) is 0 Å². The lowest BCUT2D eigenvalue weighted by Gasteiger charge is -2.27. The highest BCUT2D eigenvalue weighted by Gasteiger charge is 2.21. The second kappa shape index (κ2) is 10.3. The maximum Gasteiger partial charge on any atom is 0.259 e. The van der Waals surface area contributed by atoms with Crippen LogP contribution in [0.5, 0.6) is 0 Å². The molecule has 1 aliphatic carbocycles. The van der Waals surface area contributed by atoms with Crippen LogP contribution in [0.15, 0.2) is 29.1 Å². The van der Waals surface area contributed by atoms with Gasteiger partial charge < -0.3 is 15.2 Å². The molecule has 0 spiro atoms. The molecule has 2 amide bonds. The first-order chi connectivity index (χ1) is 16.6. The number of thioether (sulfide) groups is 1. The zero-order valence-electron chi connectivity index (χ0n) is 19.0. The van der Waals surface area contributed by atoms with E-state index >= 15 is 0 Å². The molecule has 178 valence electrons. The standard InChI is InChI=1S/C25H28N4O3S2/c30-21(26-13-16-6-5-7-17(12-16)29-11-4-3-10-22(29)31)15-33-14-20-27-24(32)23-18-8-1-2-9-19(18)34-25(23)28-20/h5-7,12H,1-4,8-11,13-15H2,(H,26,30)(H,27,28,32). The van der Waals surface area contributed by atoms with Crippen LogP contribution in [-0.4, -0.2) is 34.1 Å². The summed E-state index contributed by atoms with van der Waals surface area (Å²) in [5.41, 5.74) is 2.99. The van der Waals surface area contributed by atoms with Gasteiger partial charge in [0.2, 0.25) is 11.8 Å². The average molecular weight is 497 g/mol. The van der Waals surface area contributed by atoms with E-state index in [4.69, 9.17) is 0 Å². The van der Waals surface area contributed by atoms with Crippen LogP contribution < -0.4 is 15.8 Å². The number of amides is 2. The molecule has 9 heteroatoms. The Morgan fingerprint density at radius 2 is 2.00 bits per heavy atom. The number of aromatic nitrogens is 2. The van der Waals surface area contributed by atoms with Gasteiger partial charge in [0.1, 0.15) is 10.7 Å². The molecule has 5 rings (SSSR count). The number of hydrogen-bond acceptors (Lipinski definition) is 6. The lowest BCUT2D eigenvalue weighted by Crippen LogP contribution is -2.35. The van der Waals surface area contributed by atoms with Crippen LogP contribution >= 0.6 is 23.1 Å². The van der Waals surface area contributed by atoms with Crippen molar-refractivity contribution in [2.75, 3.05) is 17.2 Å². The molecular formula is C25H28N4O3S2. The van der Waals surface area contributed by atoms with E-state index in [1.54, 1.807) is 11.3 Å². The van der Waals surface area contributed by atoms with Gasteiger partial charge in [0.25, 0.3) is 5.56 Å². The van der Waals surface area contributed by atoms with Crippen LogP contribution in [0.25, 0.3) is 10.2 Å². The highest BCUT2D eigenvalue weighted by atomic mass is 32.2. The highest BCUT2D eigenvalue weighted by molar-refractivity contribution is 7.99. The Morgan fingerprint density at radius 3 is 2.88 bits per heavy atom. The van der Waals surface area contributed by atoms with Crippen LogP contribution in [0.1, 0.15) is 53.9 Å². The Bertz CT molecular complexity index is 1280. The van der Waals surface area contributed by atoms with Gasteiger partial charge in [-0.15, -0.1) is 23.1 Å². The molecule has 2 aromatic heterocycles. The molecule has 0 saturated carbocycles. The Kier molecular flexibility index (Phi) is 7.01. The molecule has 1 aliphatic heterocycles. The van der Waals surface area contributed by atoms with Crippen molar-refractivity contribution >= 4 is 50.8 Å². The van der Waals surface area contributed by atoms with Crippen LogP contribution in [0.3, 0.4) is 0 Å². The number of aromatic amines is 1. The van der Waals surface area contributed by atoms with Crippen molar-refractivity contribution in [2.24, 2.45) is 0 Å². The minimum Gasteiger partial charge on any atom is -0.351 e. The van der Waals surface area contributed by atoms with Crippen molar-refractivity contribution in [3.63, 3.8) is 0 Å². The highest BCUT2D eigenvalue weighted by Crippen LogP contribution is 2.33. The molecule has 1 saturated heterocycles. The molecule has 3 heterocycles. The molecule has 1 fully saturated rings. The van der Waals surface area contributed by atoms with E-state index in [-0.39, 0.29) is 23.1 Å². The number of rotatable bonds is 7. The summed E-state index contributed by atoms with van der Waals surface area (Å²) in [7, 11) is 0. The number of piperidine rings is 1. The quantitative estimate of drug-likeness (QED) is 0.517. The van der Waals surface area contributed by atoms with Gasteiger partial charge in [-0.05, 0) is 61.8 Å². The van der Waals surface area contributed by atoms with Crippen molar-refractivity contribution in [1.29, 1.82) is 0 Å². The zero-order valence-corrected chi connectivity index (χ0v) is 20.7. The lowest BCUT2D eigenvalue weighted by molar-refractivity contribution is -0.120. The Balaban J connectivity index is 1.14. The van der Waals surface area contributed by atoms with Crippen molar-refractivity contribution < 1.29 is 9.59 Å². The SMILES string of the molecule is O=C(CSCc1nc2sc3c(c2c(=O)[nH]1)CCCC3)NCc1cccc(N2CCCCC2=O)c1. The molecule has 2 aliphatic rings. The maximum absolute atomic E-state index is 12.6. The predicted molar refractivity (Wildman–Crippen MR) is 138 cm³/mol. The number of carbonyl (C=O) groups is 2. The number of aryl methyl sites for hydroxylation is 2. The smallest absolute Gasteiger partial charge is 0.259 e. The van der Waals surface area contributed by atoms with Crippen LogP contribution in [0.2, 0.25) is 0 Å². The monoisotopic (exact) mass is 496 g/mol. The number of hydrogen-bond donors (Lipinski definition) is 2. The number of H-pyrrole nitrogens is 1. The summed E-state index contributed by atoms with van der Waals surface area (Å²) in [6, 6.07) is 7.80. The number of thiophene rings is 1. The van der Waals surface area contributed by atoms with E-state index in [1.807, 2.05) is 29.2 Å². The van der Waals surface area contributed by atoms with Gasteiger partial charge in [0.05, 0.1) is 16.9 Å². The summed E-state index contributed by atoms with van der Waals surface area (Å²) in [6.45, 7) is 1.17. The minimum atomic E-state index is -0.0699. The van der Waals surface area contributed by atoms with E-state index in [9.17, 15) is 14.4 Å². The molecule has 7 nitrogen and oxygen atoms in total. The van der Waals surface area contributed by atoms with E-state index in [1.165, 1.54) is 28.6 Å². The number of nitrogens with zero attached hydrogens (tertiary/aromatic N) is 2.